The lowest BCUT2D eigenvalue weighted by Crippen LogP contribution is -2.40. The van der Waals surface area contributed by atoms with Crippen LogP contribution in [-0.4, -0.2) is 59.4 Å². The van der Waals surface area contributed by atoms with Crippen LogP contribution in [0.2, 0.25) is 0 Å². The number of pyridine rings is 2. The fourth-order valence-electron chi connectivity index (χ4n) is 4.39. The van der Waals surface area contributed by atoms with Crippen molar-refractivity contribution in [2.24, 2.45) is 0 Å². The van der Waals surface area contributed by atoms with Crippen molar-refractivity contribution in [2.75, 3.05) is 36.5 Å². The fraction of sp³-hybridized carbons (Fsp3) is 0.440. The Morgan fingerprint density at radius 1 is 1.22 bits per heavy atom. The molecule has 3 aliphatic rings. The van der Waals surface area contributed by atoms with Crippen molar-refractivity contribution in [3.63, 3.8) is 0 Å². The zero-order chi connectivity index (χ0) is 25.5. The molecule has 2 saturated heterocycles. The van der Waals surface area contributed by atoms with Crippen LogP contribution < -0.4 is 10.2 Å². The monoisotopic (exact) mass is 508 g/mol. The first kappa shape index (κ1) is 25.5. The molecule has 0 spiro atoms. The molecule has 11 heteroatoms. The van der Waals surface area contributed by atoms with Crippen LogP contribution in [-0.2, 0) is 22.5 Å². The maximum Gasteiger partial charge on any atom is 0.328 e. The van der Waals surface area contributed by atoms with Crippen molar-refractivity contribution >= 4 is 42.1 Å². The summed E-state index contributed by atoms with van der Waals surface area (Å²) in [6.45, 7) is 3.47. The van der Waals surface area contributed by atoms with Crippen molar-refractivity contribution in [3.8, 4) is 6.07 Å². The van der Waals surface area contributed by atoms with E-state index >= 15 is 0 Å². The van der Waals surface area contributed by atoms with Gasteiger partial charge in [-0.05, 0) is 49.8 Å². The van der Waals surface area contributed by atoms with E-state index in [1.54, 1.807) is 4.90 Å². The smallest absolute Gasteiger partial charge is 0.328 e. The summed E-state index contributed by atoms with van der Waals surface area (Å²) in [5.41, 5.74) is 2.11. The average Bonchev–Trinajstić information content (AvgIpc) is 3.59. The second-order valence-electron chi connectivity index (χ2n) is 8.79. The Balaban J connectivity index is 0.000000543. The number of H-pyrrole nitrogens is 1. The molecule has 2 fully saturated rings. The number of aryl methyl sites for hydroxylation is 1. The third kappa shape index (κ3) is 5.95. The van der Waals surface area contributed by atoms with E-state index in [4.69, 9.17) is 22.2 Å². The molecule has 0 unspecified atom stereocenters. The number of nitrogens with one attached hydrogen (secondary N) is 2. The van der Waals surface area contributed by atoms with Crippen LogP contribution in [0, 0.1) is 15.8 Å². The van der Waals surface area contributed by atoms with E-state index in [9.17, 15) is 14.4 Å². The zero-order valence-electron chi connectivity index (χ0n) is 19.9. The first-order valence-corrected chi connectivity index (χ1v) is 12.5. The summed E-state index contributed by atoms with van der Waals surface area (Å²) in [6, 6.07) is 4.95. The fourth-order valence-corrected chi connectivity index (χ4v) is 4.61. The molecule has 10 nitrogen and oxygen atoms in total. The lowest BCUT2D eigenvalue weighted by Gasteiger charge is -2.29. The Kier molecular flexibility index (Phi) is 8.40. The van der Waals surface area contributed by atoms with E-state index in [0.29, 0.717) is 59.6 Å². The molecule has 0 atom stereocenters. The van der Waals surface area contributed by atoms with Gasteiger partial charge in [0.15, 0.2) is 6.29 Å². The van der Waals surface area contributed by atoms with Crippen molar-refractivity contribution < 1.29 is 19.1 Å². The number of anilines is 2. The number of hydrogen-bond acceptors (Lipinski definition) is 7. The molecule has 5 rings (SSSR count). The molecule has 2 aromatic heterocycles. The van der Waals surface area contributed by atoms with Gasteiger partial charge in [-0.3, -0.25) is 19.8 Å². The van der Waals surface area contributed by atoms with E-state index < -0.39 is 6.03 Å². The lowest BCUT2D eigenvalue weighted by molar-refractivity contribution is -0.128. The number of nitriles is 1. The van der Waals surface area contributed by atoms with Gasteiger partial charge in [0.25, 0.3) is 0 Å². The molecule has 5 heterocycles. The summed E-state index contributed by atoms with van der Waals surface area (Å²) >= 11 is 5.14. The molecule has 0 bridgehead atoms. The summed E-state index contributed by atoms with van der Waals surface area (Å²) in [5.74, 6) is 0.880. The number of ether oxygens (including phenoxy) is 1. The Bertz CT molecular complexity index is 1240. The first-order valence-electron chi connectivity index (χ1n) is 12.0. The molecule has 2 N–H and O–H groups in total. The Hall–Kier alpha value is -3.62. The standard InChI is InChI=1S/C21H20N6O3S.C4H8O/c22-9-15-10-23-18(8-17(15)31)25-21(30)27-6-1-3-13-7-14(16(12-28)24-20(13)27)11-26-5-2-4-19(26)29;1-2-4-5-3-1/h7-8,10,12H,1-6,11H2,(H2,23,25,30,31);1-4H2. The van der Waals surface area contributed by atoms with Crippen molar-refractivity contribution in [1.29, 1.82) is 5.26 Å². The molecule has 3 aliphatic heterocycles. The van der Waals surface area contributed by atoms with Crippen LogP contribution in [0.1, 0.15) is 59.3 Å². The van der Waals surface area contributed by atoms with Crippen LogP contribution in [0.15, 0.2) is 18.3 Å². The maximum atomic E-state index is 12.9. The highest BCUT2D eigenvalue weighted by molar-refractivity contribution is 7.71. The summed E-state index contributed by atoms with van der Waals surface area (Å²) in [5, 5.41) is 11.7. The number of likely N-dealkylation sites (tertiary alicyclic amines) is 1. The highest BCUT2D eigenvalue weighted by Gasteiger charge is 2.27. The highest BCUT2D eigenvalue weighted by Crippen LogP contribution is 2.29. The number of aromatic amines is 1. The molecule has 0 aliphatic carbocycles. The van der Waals surface area contributed by atoms with Crippen LogP contribution in [0.25, 0.3) is 0 Å². The van der Waals surface area contributed by atoms with E-state index in [2.05, 4.69) is 15.3 Å². The Morgan fingerprint density at radius 3 is 2.61 bits per heavy atom. The number of carbonyl (C=O) groups excluding carboxylic acids is 3. The van der Waals surface area contributed by atoms with Crippen LogP contribution >= 0.6 is 12.2 Å². The molecule has 188 valence electrons. The van der Waals surface area contributed by atoms with Gasteiger partial charge in [0.2, 0.25) is 5.91 Å². The number of amides is 3. The minimum absolute atomic E-state index is 0.0790. The summed E-state index contributed by atoms with van der Waals surface area (Å²) in [6.07, 6.45) is 7.48. The van der Waals surface area contributed by atoms with E-state index in [1.165, 1.54) is 30.0 Å². The van der Waals surface area contributed by atoms with E-state index in [0.717, 1.165) is 38.0 Å². The third-order valence-electron chi connectivity index (χ3n) is 6.27. The number of aldehydes is 1. The van der Waals surface area contributed by atoms with Crippen molar-refractivity contribution in [1.82, 2.24) is 14.9 Å². The number of urea groups is 1. The summed E-state index contributed by atoms with van der Waals surface area (Å²) in [4.78, 5) is 47.1. The first-order chi connectivity index (χ1) is 17.5. The molecule has 0 aromatic carbocycles. The van der Waals surface area contributed by atoms with Gasteiger partial charge in [-0.15, -0.1) is 0 Å². The van der Waals surface area contributed by atoms with Crippen LogP contribution in [0.4, 0.5) is 16.4 Å². The second-order valence-corrected chi connectivity index (χ2v) is 9.23. The highest BCUT2D eigenvalue weighted by atomic mass is 32.1. The van der Waals surface area contributed by atoms with E-state index in [1.807, 2.05) is 12.1 Å². The third-order valence-corrected chi connectivity index (χ3v) is 6.60. The second kappa shape index (κ2) is 11.9. The largest absolute Gasteiger partial charge is 0.381 e. The minimum atomic E-state index is -0.414. The zero-order valence-corrected chi connectivity index (χ0v) is 20.7. The van der Waals surface area contributed by atoms with Crippen LogP contribution in [0.5, 0.6) is 0 Å². The number of fused-ring (bicyclic) bond motifs is 1. The number of aromatic nitrogens is 2. The molecule has 2 aromatic rings. The molecule has 36 heavy (non-hydrogen) atoms. The van der Waals surface area contributed by atoms with Gasteiger partial charge in [-0.25, -0.2) is 9.78 Å². The topological polar surface area (TPSA) is 131 Å². The maximum absolute atomic E-state index is 12.9. The SMILES string of the molecule is C1CCOC1.N#Cc1c[nH]c(NC(=O)N2CCCc3cc(CN4CCCC4=O)c(C=O)nc32)cc1=S. The van der Waals surface area contributed by atoms with Crippen molar-refractivity contribution in [2.45, 2.75) is 45.1 Å². The Labute approximate surface area is 214 Å². The molecule has 3 amide bonds. The van der Waals surface area contributed by atoms with Gasteiger partial charge < -0.3 is 14.6 Å². The van der Waals surface area contributed by atoms with Gasteiger partial charge in [0.1, 0.15) is 23.4 Å². The molecule has 0 radical (unpaired) electrons. The summed E-state index contributed by atoms with van der Waals surface area (Å²) in [7, 11) is 0. The van der Waals surface area contributed by atoms with Crippen LogP contribution in [0.3, 0.4) is 0 Å². The lowest BCUT2D eigenvalue weighted by atomic mass is 10.0. The number of rotatable bonds is 4. The van der Waals surface area contributed by atoms with Gasteiger partial charge >= 0.3 is 6.03 Å². The normalized spacial score (nSPS) is 16.6. The predicted octanol–water partition coefficient (Wildman–Crippen LogP) is 3.73. The average molecular weight is 509 g/mol. The van der Waals surface area contributed by atoms with Gasteiger partial charge in [-0.1, -0.05) is 12.2 Å². The summed E-state index contributed by atoms with van der Waals surface area (Å²) < 4.78 is 5.28. The van der Waals surface area contributed by atoms with E-state index in [-0.39, 0.29) is 11.6 Å². The molecular formula is C25H28N6O4S. The van der Waals surface area contributed by atoms with Gasteiger partial charge in [0.05, 0.1) is 10.1 Å². The predicted molar refractivity (Wildman–Crippen MR) is 135 cm³/mol. The Morgan fingerprint density at radius 2 is 2.00 bits per heavy atom. The number of nitrogens with zero attached hydrogens (tertiary/aromatic N) is 4. The number of carbonyl (C=O) groups is 3. The molecular weight excluding hydrogens is 480 g/mol. The quantitative estimate of drug-likeness (QED) is 0.475. The van der Waals surface area contributed by atoms with Gasteiger partial charge in [0, 0.05) is 51.0 Å². The van der Waals surface area contributed by atoms with Crippen molar-refractivity contribution in [3.05, 3.63) is 45.2 Å². The minimum Gasteiger partial charge on any atom is -0.381 e. The van der Waals surface area contributed by atoms with Gasteiger partial charge in [-0.2, -0.15) is 5.26 Å². The number of hydrogen-bond donors (Lipinski definition) is 2. The molecule has 0 saturated carbocycles.